The van der Waals surface area contributed by atoms with Gasteiger partial charge in [-0.1, -0.05) is 0 Å². The number of aliphatic hydroxyl groups is 1. The summed E-state index contributed by atoms with van der Waals surface area (Å²) in [4.78, 5) is 0. The van der Waals surface area contributed by atoms with Crippen LogP contribution in [0.1, 0.15) is 17.4 Å². The number of furan rings is 1. The third kappa shape index (κ3) is 2.01. The first-order valence-electron chi connectivity index (χ1n) is 3.56. The number of hydrogen-bond donors (Lipinski definition) is 2. The van der Waals surface area contributed by atoms with Gasteiger partial charge in [-0.3, -0.25) is 0 Å². The Labute approximate surface area is 71.6 Å². The van der Waals surface area contributed by atoms with Crippen molar-refractivity contribution in [2.24, 2.45) is 0 Å². The van der Waals surface area contributed by atoms with Crippen LogP contribution < -0.4 is 0 Å². The van der Waals surface area contributed by atoms with Crippen molar-refractivity contribution in [3.63, 3.8) is 0 Å². The van der Waals surface area contributed by atoms with Gasteiger partial charge in [0.15, 0.2) is 0 Å². The fourth-order valence-corrected chi connectivity index (χ4v) is 1.21. The van der Waals surface area contributed by atoms with Gasteiger partial charge in [-0.05, 0) is 19.1 Å². The summed E-state index contributed by atoms with van der Waals surface area (Å²) in [7, 11) is 0. The van der Waals surface area contributed by atoms with Crippen molar-refractivity contribution in [2.75, 3.05) is 12.4 Å². The maximum absolute atomic E-state index is 8.88. The van der Waals surface area contributed by atoms with Gasteiger partial charge in [-0.2, -0.15) is 12.6 Å². The van der Waals surface area contributed by atoms with E-state index in [4.69, 9.17) is 9.52 Å². The number of aliphatic hydroxyl groups excluding tert-OH is 1. The van der Waals surface area contributed by atoms with Crippen LogP contribution in [0.2, 0.25) is 0 Å². The lowest BCUT2D eigenvalue weighted by Crippen LogP contribution is -2.03. The van der Waals surface area contributed by atoms with E-state index in [1.54, 1.807) is 0 Å². The fourth-order valence-electron chi connectivity index (χ4n) is 0.911. The van der Waals surface area contributed by atoms with Crippen molar-refractivity contribution in [1.82, 2.24) is 0 Å². The first kappa shape index (κ1) is 8.68. The van der Waals surface area contributed by atoms with Gasteiger partial charge < -0.3 is 9.52 Å². The second-order valence-corrected chi connectivity index (χ2v) is 2.88. The van der Waals surface area contributed by atoms with Gasteiger partial charge in [0, 0.05) is 11.7 Å². The van der Waals surface area contributed by atoms with Gasteiger partial charge in [0.2, 0.25) is 0 Å². The molecule has 11 heavy (non-hydrogen) atoms. The van der Waals surface area contributed by atoms with E-state index in [2.05, 4.69) is 12.6 Å². The van der Waals surface area contributed by atoms with Gasteiger partial charge in [0.25, 0.3) is 0 Å². The third-order valence-electron chi connectivity index (χ3n) is 1.60. The first-order valence-corrected chi connectivity index (χ1v) is 4.19. The summed E-state index contributed by atoms with van der Waals surface area (Å²) in [5, 5.41) is 8.88. The van der Waals surface area contributed by atoms with Crippen LogP contribution in [0, 0.1) is 6.92 Å². The van der Waals surface area contributed by atoms with E-state index < -0.39 is 0 Å². The molecule has 0 bridgehead atoms. The summed E-state index contributed by atoms with van der Waals surface area (Å²) in [6.07, 6.45) is 0. The van der Waals surface area contributed by atoms with E-state index in [0.717, 1.165) is 11.5 Å². The Balaban J connectivity index is 2.73. The molecule has 0 aliphatic carbocycles. The molecule has 1 aromatic heterocycles. The molecule has 0 aromatic carbocycles. The maximum Gasteiger partial charge on any atom is 0.110 e. The van der Waals surface area contributed by atoms with Crippen LogP contribution in [-0.2, 0) is 0 Å². The first-order chi connectivity index (χ1) is 5.27. The van der Waals surface area contributed by atoms with Crippen LogP contribution in [0.4, 0.5) is 0 Å². The summed E-state index contributed by atoms with van der Waals surface area (Å²) in [5.41, 5.74) is 0. The van der Waals surface area contributed by atoms with E-state index in [1.807, 2.05) is 19.1 Å². The Morgan fingerprint density at radius 3 is 2.73 bits per heavy atom. The van der Waals surface area contributed by atoms with Crippen LogP contribution in [-0.4, -0.2) is 17.5 Å². The lowest BCUT2D eigenvalue weighted by atomic mass is 10.1. The van der Waals surface area contributed by atoms with Crippen LogP contribution in [0.25, 0.3) is 0 Å². The summed E-state index contributed by atoms with van der Waals surface area (Å²) < 4.78 is 5.32. The predicted molar refractivity (Wildman–Crippen MR) is 47.1 cm³/mol. The number of thiol groups is 1. The summed E-state index contributed by atoms with van der Waals surface area (Å²) in [6, 6.07) is 3.77. The molecule has 1 unspecified atom stereocenters. The van der Waals surface area contributed by atoms with E-state index in [1.165, 1.54) is 0 Å². The molecule has 0 saturated heterocycles. The van der Waals surface area contributed by atoms with Gasteiger partial charge in [-0.25, -0.2) is 0 Å². The summed E-state index contributed by atoms with van der Waals surface area (Å²) in [5.74, 6) is 2.34. The molecule has 0 amide bonds. The monoisotopic (exact) mass is 172 g/mol. The average molecular weight is 172 g/mol. The topological polar surface area (TPSA) is 33.4 Å². The molecular formula is C8H12O2S. The van der Waals surface area contributed by atoms with Crippen molar-refractivity contribution < 1.29 is 9.52 Å². The molecule has 2 nitrogen and oxygen atoms in total. The highest BCUT2D eigenvalue weighted by molar-refractivity contribution is 7.80. The minimum atomic E-state index is 0.0343. The Morgan fingerprint density at radius 1 is 1.64 bits per heavy atom. The van der Waals surface area contributed by atoms with Crippen molar-refractivity contribution in [1.29, 1.82) is 0 Å². The zero-order valence-electron chi connectivity index (χ0n) is 6.45. The predicted octanol–water partition coefficient (Wildman–Crippen LogP) is 1.59. The van der Waals surface area contributed by atoms with Crippen molar-refractivity contribution in [2.45, 2.75) is 12.8 Å². The molecule has 0 aliphatic rings. The fraction of sp³-hybridized carbons (Fsp3) is 0.500. The average Bonchev–Trinajstić information content (AvgIpc) is 2.39. The molecule has 1 atom stereocenters. The minimum Gasteiger partial charge on any atom is -0.466 e. The van der Waals surface area contributed by atoms with Gasteiger partial charge in [0.1, 0.15) is 11.5 Å². The van der Waals surface area contributed by atoms with Gasteiger partial charge in [0.05, 0.1) is 6.61 Å². The Bertz CT molecular complexity index is 216. The van der Waals surface area contributed by atoms with E-state index in [0.29, 0.717) is 5.75 Å². The zero-order valence-corrected chi connectivity index (χ0v) is 7.34. The Kier molecular flexibility index (Phi) is 3.02. The normalized spacial score (nSPS) is 13.4. The second kappa shape index (κ2) is 3.83. The molecule has 0 spiro atoms. The molecule has 1 N–H and O–H groups in total. The van der Waals surface area contributed by atoms with Crippen molar-refractivity contribution in [3.8, 4) is 0 Å². The quantitative estimate of drug-likeness (QED) is 0.679. The lowest BCUT2D eigenvalue weighted by Gasteiger charge is -2.05. The van der Waals surface area contributed by atoms with Crippen LogP contribution in [0.5, 0.6) is 0 Å². The summed E-state index contributed by atoms with van der Waals surface area (Å²) >= 11 is 4.10. The SMILES string of the molecule is Cc1ccc(C(CO)CS)o1. The highest BCUT2D eigenvalue weighted by Gasteiger charge is 2.11. The third-order valence-corrected chi connectivity index (χ3v) is 2.05. The molecule has 1 aromatic rings. The largest absolute Gasteiger partial charge is 0.466 e. The highest BCUT2D eigenvalue weighted by atomic mass is 32.1. The molecule has 0 aliphatic heterocycles. The van der Waals surface area contributed by atoms with E-state index in [-0.39, 0.29) is 12.5 Å². The van der Waals surface area contributed by atoms with Crippen LogP contribution >= 0.6 is 12.6 Å². The van der Waals surface area contributed by atoms with Crippen molar-refractivity contribution in [3.05, 3.63) is 23.7 Å². The van der Waals surface area contributed by atoms with E-state index >= 15 is 0 Å². The minimum absolute atomic E-state index is 0.0343. The molecule has 62 valence electrons. The Hall–Kier alpha value is -0.410. The second-order valence-electron chi connectivity index (χ2n) is 2.51. The van der Waals surface area contributed by atoms with Crippen LogP contribution in [0.15, 0.2) is 16.5 Å². The molecule has 0 saturated carbocycles. The maximum atomic E-state index is 8.88. The molecule has 0 fully saturated rings. The van der Waals surface area contributed by atoms with E-state index in [9.17, 15) is 0 Å². The van der Waals surface area contributed by atoms with Crippen LogP contribution in [0.3, 0.4) is 0 Å². The molecule has 1 heterocycles. The molecule has 0 radical (unpaired) electrons. The smallest absolute Gasteiger partial charge is 0.110 e. The lowest BCUT2D eigenvalue weighted by molar-refractivity contribution is 0.258. The zero-order chi connectivity index (χ0) is 8.27. The standard InChI is InChI=1S/C8H12O2S/c1-6-2-3-8(10-6)7(4-9)5-11/h2-3,7,9,11H,4-5H2,1H3. The highest BCUT2D eigenvalue weighted by Crippen LogP contribution is 2.18. The molecule has 1 rings (SSSR count). The number of hydrogen-bond acceptors (Lipinski definition) is 3. The Morgan fingerprint density at radius 2 is 2.36 bits per heavy atom. The molecular weight excluding hydrogens is 160 g/mol. The van der Waals surface area contributed by atoms with Gasteiger partial charge in [-0.15, -0.1) is 0 Å². The number of rotatable bonds is 3. The van der Waals surface area contributed by atoms with Gasteiger partial charge >= 0.3 is 0 Å². The summed E-state index contributed by atoms with van der Waals surface area (Å²) in [6.45, 7) is 1.98. The van der Waals surface area contributed by atoms with Crippen molar-refractivity contribution >= 4 is 12.6 Å². The number of aryl methyl sites for hydroxylation is 1. The molecule has 3 heteroatoms.